The SMILES string of the molecule is COc1cccc(CNC(=O)C[N+](=O)[O-])c1. The lowest BCUT2D eigenvalue weighted by Gasteiger charge is -2.04. The van der Waals surface area contributed by atoms with E-state index in [9.17, 15) is 14.9 Å². The van der Waals surface area contributed by atoms with Crippen LogP contribution in [-0.2, 0) is 11.3 Å². The minimum atomic E-state index is -0.704. The molecular weight excluding hydrogens is 212 g/mol. The summed E-state index contributed by atoms with van der Waals surface area (Å²) in [4.78, 5) is 20.4. The predicted molar refractivity (Wildman–Crippen MR) is 56.7 cm³/mol. The maximum absolute atomic E-state index is 11.0. The van der Waals surface area contributed by atoms with Crippen LogP contribution in [0.5, 0.6) is 5.75 Å². The number of benzene rings is 1. The summed E-state index contributed by atoms with van der Waals surface area (Å²) < 4.78 is 5.01. The van der Waals surface area contributed by atoms with Gasteiger partial charge in [0, 0.05) is 11.5 Å². The molecule has 0 saturated heterocycles. The van der Waals surface area contributed by atoms with Crippen LogP contribution in [0.3, 0.4) is 0 Å². The van der Waals surface area contributed by atoms with E-state index in [2.05, 4.69) is 5.32 Å². The molecule has 0 aliphatic heterocycles. The fraction of sp³-hybridized carbons (Fsp3) is 0.300. The summed E-state index contributed by atoms with van der Waals surface area (Å²) in [6.45, 7) is -0.451. The van der Waals surface area contributed by atoms with Crippen molar-refractivity contribution in [3.8, 4) is 5.75 Å². The number of nitrogens with one attached hydrogen (secondary N) is 1. The predicted octanol–water partition coefficient (Wildman–Crippen LogP) is 0.588. The van der Waals surface area contributed by atoms with Crippen LogP contribution >= 0.6 is 0 Å². The molecule has 0 saturated carbocycles. The Morgan fingerprint density at radius 2 is 2.31 bits per heavy atom. The number of carbonyl (C=O) groups excluding carboxylic acids is 1. The monoisotopic (exact) mass is 224 g/mol. The van der Waals surface area contributed by atoms with Gasteiger partial charge < -0.3 is 10.1 Å². The summed E-state index contributed by atoms with van der Waals surface area (Å²) in [5.74, 6) is 0.0776. The van der Waals surface area contributed by atoms with Crippen molar-refractivity contribution in [2.45, 2.75) is 6.54 Å². The smallest absolute Gasteiger partial charge is 0.292 e. The van der Waals surface area contributed by atoms with Gasteiger partial charge in [0.1, 0.15) is 5.75 Å². The molecule has 0 bridgehead atoms. The molecule has 1 amide bonds. The van der Waals surface area contributed by atoms with Crippen molar-refractivity contribution in [3.63, 3.8) is 0 Å². The van der Waals surface area contributed by atoms with Crippen LogP contribution in [0.15, 0.2) is 24.3 Å². The van der Waals surface area contributed by atoms with Gasteiger partial charge in [-0.15, -0.1) is 0 Å². The van der Waals surface area contributed by atoms with Gasteiger partial charge in [-0.3, -0.25) is 14.9 Å². The Labute approximate surface area is 92.4 Å². The minimum Gasteiger partial charge on any atom is -0.497 e. The van der Waals surface area contributed by atoms with Crippen LogP contribution in [0.4, 0.5) is 0 Å². The highest BCUT2D eigenvalue weighted by atomic mass is 16.6. The molecule has 1 aromatic carbocycles. The summed E-state index contributed by atoms with van der Waals surface area (Å²) in [6.07, 6.45) is 0. The molecule has 0 heterocycles. The maximum Gasteiger partial charge on any atom is 0.292 e. The third kappa shape index (κ3) is 3.95. The summed E-state index contributed by atoms with van der Waals surface area (Å²) in [5, 5.41) is 12.5. The van der Waals surface area contributed by atoms with Gasteiger partial charge in [0.2, 0.25) is 0 Å². The number of hydrogen-bond donors (Lipinski definition) is 1. The fourth-order valence-electron chi connectivity index (χ4n) is 1.16. The van der Waals surface area contributed by atoms with Crippen molar-refractivity contribution in [2.75, 3.05) is 13.7 Å². The van der Waals surface area contributed by atoms with Gasteiger partial charge >= 0.3 is 0 Å². The quantitative estimate of drug-likeness (QED) is 0.586. The van der Waals surface area contributed by atoms with Crippen LogP contribution < -0.4 is 10.1 Å². The topological polar surface area (TPSA) is 81.5 Å². The normalized spacial score (nSPS) is 9.56. The summed E-state index contributed by atoms with van der Waals surface area (Å²) in [7, 11) is 1.55. The van der Waals surface area contributed by atoms with E-state index in [-0.39, 0.29) is 6.54 Å². The molecule has 0 aromatic heterocycles. The average Bonchev–Trinajstić information content (AvgIpc) is 2.26. The Hall–Kier alpha value is -2.11. The molecule has 0 fully saturated rings. The first-order chi connectivity index (χ1) is 7.61. The first-order valence-corrected chi connectivity index (χ1v) is 4.63. The molecule has 0 spiro atoms. The fourth-order valence-corrected chi connectivity index (χ4v) is 1.16. The van der Waals surface area contributed by atoms with Gasteiger partial charge in [0.15, 0.2) is 0 Å². The van der Waals surface area contributed by atoms with Crippen molar-refractivity contribution in [1.82, 2.24) is 5.32 Å². The first-order valence-electron chi connectivity index (χ1n) is 4.63. The Bertz CT molecular complexity index is 392. The second-order valence-electron chi connectivity index (χ2n) is 3.12. The van der Waals surface area contributed by atoms with Crippen LogP contribution in [0.2, 0.25) is 0 Å². The number of rotatable bonds is 5. The molecule has 0 aliphatic rings. The van der Waals surface area contributed by atoms with Gasteiger partial charge in [-0.2, -0.15) is 0 Å². The molecule has 1 rings (SSSR count). The second kappa shape index (κ2) is 5.69. The molecular formula is C10H12N2O4. The first kappa shape index (κ1) is 12.0. The molecule has 1 aromatic rings. The van der Waals surface area contributed by atoms with Gasteiger partial charge in [0.25, 0.3) is 12.5 Å². The van der Waals surface area contributed by atoms with Gasteiger partial charge in [-0.25, -0.2) is 0 Å². The van der Waals surface area contributed by atoms with E-state index in [0.717, 1.165) is 5.56 Å². The van der Waals surface area contributed by atoms with Crippen molar-refractivity contribution in [1.29, 1.82) is 0 Å². The van der Waals surface area contributed by atoms with Gasteiger partial charge in [0.05, 0.1) is 7.11 Å². The van der Waals surface area contributed by atoms with Crippen molar-refractivity contribution < 1.29 is 14.5 Å². The molecule has 0 radical (unpaired) electrons. The summed E-state index contributed by atoms with van der Waals surface area (Å²) >= 11 is 0. The third-order valence-corrected chi connectivity index (χ3v) is 1.90. The number of nitro groups is 1. The number of hydrogen-bond acceptors (Lipinski definition) is 4. The minimum absolute atomic E-state index is 0.254. The molecule has 0 aliphatic carbocycles. The zero-order chi connectivity index (χ0) is 12.0. The zero-order valence-corrected chi connectivity index (χ0v) is 8.80. The van der Waals surface area contributed by atoms with E-state index in [0.29, 0.717) is 5.75 Å². The van der Waals surface area contributed by atoms with Crippen LogP contribution in [-0.4, -0.2) is 24.5 Å². The molecule has 86 valence electrons. The van der Waals surface area contributed by atoms with E-state index in [1.165, 1.54) is 0 Å². The number of nitrogens with zero attached hydrogens (tertiary/aromatic N) is 1. The Morgan fingerprint density at radius 3 is 2.94 bits per heavy atom. The maximum atomic E-state index is 11.0. The number of methoxy groups -OCH3 is 1. The highest BCUT2D eigenvalue weighted by Gasteiger charge is 2.08. The lowest BCUT2D eigenvalue weighted by Crippen LogP contribution is -2.29. The number of amides is 1. The zero-order valence-electron chi connectivity index (χ0n) is 8.80. The average molecular weight is 224 g/mol. The lowest BCUT2D eigenvalue weighted by atomic mass is 10.2. The Morgan fingerprint density at radius 1 is 1.56 bits per heavy atom. The third-order valence-electron chi connectivity index (χ3n) is 1.90. The van der Waals surface area contributed by atoms with E-state index < -0.39 is 17.4 Å². The number of ether oxygens (including phenoxy) is 1. The summed E-state index contributed by atoms with van der Waals surface area (Å²) in [5.41, 5.74) is 0.830. The highest BCUT2D eigenvalue weighted by molar-refractivity contribution is 5.76. The Kier molecular flexibility index (Phi) is 4.26. The van der Waals surface area contributed by atoms with Crippen molar-refractivity contribution in [2.24, 2.45) is 0 Å². The van der Waals surface area contributed by atoms with Crippen LogP contribution in [0.1, 0.15) is 5.56 Å². The van der Waals surface area contributed by atoms with Gasteiger partial charge in [-0.1, -0.05) is 12.1 Å². The van der Waals surface area contributed by atoms with Crippen LogP contribution in [0, 0.1) is 10.1 Å². The van der Waals surface area contributed by atoms with E-state index in [1.807, 2.05) is 0 Å². The lowest BCUT2D eigenvalue weighted by molar-refractivity contribution is -0.467. The van der Waals surface area contributed by atoms with E-state index in [1.54, 1.807) is 31.4 Å². The van der Waals surface area contributed by atoms with Crippen molar-refractivity contribution in [3.05, 3.63) is 39.9 Å². The Balaban J connectivity index is 2.47. The molecule has 6 nitrogen and oxygen atoms in total. The molecule has 16 heavy (non-hydrogen) atoms. The largest absolute Gasteiger partial charge is 0.497 e. The standard InChI is InChI=1S/C10H12N2O4/c1-16-9-4-2-3-8(5-9)6-11-10(13)7-12(14)15/h2-5H,6-7H2,1H3,(H,11,13). The molecule has 0 atom stereocenters. The van der Waals surface area contributed by atoms with Crippen LogP contribution in [0.25, 0.3) is 0 Å². The molecule has 6 heteroatoms. The van der Waals surface area contributed by atoms with Gasteiger partial charge in [-0.05, 0) is 17.7 Å². The second-order valence-corrected chi connectivity index (χ2v) is 3.12. The number of carbonyl (C=O) groups is 1. The highest BCUT2D eigenvalue weighted by Crippen LogP contribution is 2.11. The molecule has 0 unspecified atom stereocenters. The molecule has 1 N–H and O–H groups in total. The van der Waals surface area contributed by atoms with Crippen molar-refractivity contribution >= 4 is 5.91 Å². The van der Waals surface area contributed by atoms with E-state index in [4.69, 9.17) is 4.74 Å². The summed E-state index contributed by atoms with van der Waals surface area (Å²) in [6, 6.07) is 7.12. The van der Waals surface area contributed by atoms with E-state index >= 15 is 0 Å².